The van der Waals surface area contributed by atoms with Gasteiger partial charge in [-0.15, -0.1) is 0 Å². The number of carbonyl (C=O) groups excluding carboxylic acids is 1. The van der Waals surface area contributed by atoms with Crippen molar-refractivity contribution >= 4 is 40.4 Å². The van der Waals surface area contributed by atoms with E-state index in [1.807, 2.05) is 36.4 Å². The number of carbonyl (C=O) groups is 3. The Morgan fingerprint density at radius 2 is 1.55 bits per heavy atom. The third kappa shape index (κ3) is 5.75. The van der Waals surface area contributed by atoms with Crippen molar-refractivity contribution in [2.75, 3.05) is 0 Å². The Labute approximate surface area is 237 Å². The van der Waals surface area contributed by atoms with Crippen LogP contribution in [0.15, 0.2) is 77.2 Å². The normalized spacial score (nSPS) is 13.9. The zero-order valence-corrected chi connectivity index (χ0v) is 23.6. The van der Waals surface area contributed by atoms with Gasteiger partial charge in [-0.3, -0.25) is 9.59 Å². The van der Waals surface area contributed by atoms with E-state index in [-0.39, 0.29) is 18.6 Å². The van der Waals surface area contributed by atoms with Crippen molar-refractivity contribution in [1.82, 2.24) is 5.32 Å². The van der Waals surface area contributed by atoms with Crippen LogP contribution < -0.4 is 5.32 Å². The van der Waals surface area contributed by atoms with Crippen molar-refractivity contribution < 1.29 is 29.0 Å². The SMILES string of the molecule is Cc1c(C(=O)N[C@@](CC(Cc2ccccc2)C(=O)O)(C(=O)O)C(C)(C)C)oc2cc(-c3ccc(Cl)cc3)ccc12. The summed E-state index contributed by atoms with van der Waals surface area (Å²) in [6.45, 7) is 6.75. The van der Waals surface area contributed by atoms with Crippen LogP contribution in [-0.4, -0.2) is 33.6 Å². The summed E-state index contributed by atoms with van der Waals surface area (Å²) in [6.07, 6.45) is -0.198. The number of furan rings is 1. The van der Waals surface area contributed by atoms with Gasteiger partial charge in [-0.1, -0.05) is 87.0 Å². The molecule has 0 radical (unpaired) electrons. The van der Waals surface area contributed by atoms with Gasteiger partial charge >= 0.3 is 11.9 Å². The van der Waals surface area contributed by atoms with Gasteiger partial charge in [-0.05, 0) is 60.1 Å². The second-order valence-electron chi connectivity index (χ2n) is 11.1. The Balaban J connectivity index is 1.70. The number of hydrogen-bond donors (Lipinski definition) is 3. The Bertz CT molecular complexity index is 1550. The number of nitrogens with one attached hydrogen (secondary N) is 1. The van der Waals surface area contributed by atoms with Crippen molar-refractivity contribution in [1.29, 1.82) is 0 Å². The Morgan fingerprint density at radius 3 is 2.12 bits per heavy atom. The molecule has 2 atom stereocenters. The number of halogens is 1. The zero-order valence-electron chi connectivity index (χ0n) is 22.8. The van der Waals surface area contributed by atoms with E-state index in [0.29, 0.717) is 21.6 Å². The maximum absolute atomic E-state index is 13.7. The Kier molecular flexibility index (Phi) is 8.08. The fourth-order valence-corrected chi connectivity index (χ4v) is 5.16. The molecule has 0 bridgehead atoms. The third-order valence-corrected chi connectivity index (χ3v) is 7.77. The average molecular weight is 562 g/mol. The molecule has 1 amide bonds. The average Bonchev–Trinajstić information content (AvgIpc) is 3.23. The first-order chi connectivity index (χ1) is 18.8. The molecule has 1 heterocycles. The van der Waals surface area contributed by atoms with Gasteiger partial charge in [-0.2, -0.15) is 0 Å². The monoisotopic (exact) mass is 561 g/mol. The molecule has 1 aromatic heterocycles. The predicted octanol–water partition coefficient (Wildman–Crippen LogP) is 6.99. The number of aryl methyl sites for hydroxylation is 1. The molecule has 0 aliphatic heterocycles. The number of carboxylic acid groups (broad SMARTS) is 2. The van der Waals surface area contributed by atoms with Crippen molar-refractivity contribution in [3.63, 3.8) is 0 Å². The molecule has 0 fully saturated rings. The molecule has 7 nitrogen and oxygen atoms in total. The second-order valence-corrected chi connectivity index (χ2v) is 11.6. The number of rotatable bonds is 9. The van der Waals surface area contributed by atoms with Crippen LogP contribution in [0.3, 0.4) is 0 Å². The smallest absolute Gasteiger partial charge is 0.330 e. The van der Waals surface area contributed by atoms with Gasteiger partial charge < -0.3 is 19.9 Å². The molecule has 3 N–H and O–H groups in total. The van der Waals surface area contributed by atoms with Crippen molar-refractivity contribution in [3.8, 4) is 11.1 Å². The number of carboxylic acids is 2. The Morgan fingerprint density at radius 1 is 0.925 bits per heavy atom. The summed E-state index contributed by atoms with van der Waals surface area (Å²) in [5.74, 6) is -4.25. The number of benzene rings is 3. The first-order valence-electron chi connectivity index (χ1n) is 12.9. The van der Waals surface area contributed by atoms with Gasteiger partial charge in [0.15, 0.2) is 5.76 Å². The lowest BCUT2D eigenvalue weighted by Gasteiger charge is -2.43. The summed E-state index contributed by atoms with van der Waals surface area (Å²) >= 11 is 6.01. The van der Waals surface area contributed by atoms with Crippen molar-refractivity contribution in [3.05, 3.63) is 94.7 Å². The van der Waals surface area contributed by atoms with Crippen molar-refractivity contribution in [2.24, 2.45) is 11.3 Å². The highest BCUT2D eigenvalue weighted by molar-refractivity contribution is 6.30. The number of fused-ring (bicyclic) bond motifs is 1. The molecule has 8 heteroatoms. The van der Waals surface area contributed by atoms with E-state index in [0.717, 1.165) is 16.7 Å². The summed E-state index contributed by atoms with van der Waals surface area (Å²) in [7, 11) is 0. The molecule has 0 saturated heterocycles. The highest BCUT2D eigenvalue weighted by Gasteiger charge is 2.52. The Hall–Kier alpha value is -4.10. The zero-order chi connectivity index (χ0) is 29.2. The molecule has 4 aromatic rings. The van der Waals surface area contributed by atoms with Crippen LogP contribution in [0.25, 0.3) is 22.1 Å². The molecule has 1 unspecified atom stereocenters. The van der Waals surface area contributed by atoms with Crippen LogP contribution in [-0.2, 0) is 16.0 Å². The van der Waals surface area contributed by atoms with Gasteiger partial charge in [0, 0.05) is 16.0 Å². The van der Waals surface area contributed by atoms with Crippen LogP contribution in [0.2, 0.25) is 5.02 Å². The maximum Gasteiger partial charge on any atom is 0.330 e. The number of hydrogen-bond acceptors (Lipinski definition) is 4. The van der Waals surface area contributed by atoms with E-state index in [1.165, 1.54) is 0 Å². The second kappa shape index (κ2) is 11.2. The minimum Gasteiger partial charge on any atom is -0.481 e. The van der Waals surface area contributed by atoms with E-state index in [2.05, 4.69) is 5.32 Å². The van der Waals surface area contributed by atoms with E-state index in [4.69, 9.17) is 16.0 Å². The van der Waals surface area contributed by atoms with E-state index >= 15 is 0 Å². The van der Waals surface area contributed by atoms with Gasteiger partial charge in [0.25, 0.3) is 5.91 Å². The van der Waals surface area contributed by atoms with E-state index in [1.54, 1.807) is 64.1 Å². The van der Waals surface area contributed by atoms with Crippen LogP contribution in [0, 0.1) is 18.3 Å². The van der Waals surface area contributed by atoms with Crippen LogP contribution in [0.1, 0.15) is 48.9 Å². The molecular formula is C32H32ClNO6. The molecule has 0 aliphatic carbocycles. The van der Waals surface area contributed by atoms with E-state index < -0.39 is 34.7 Å². The van der Waals surface area contributed by atoms with Crippen LogP contribution in [0.4, 0.5) is 0 Å². The van der Waals surface area contributed by atoms with Crippen LogP contribution >= 0.6 is 11.6 Å². The quantitative estimate of drug-likeness (QED) is 0.203. The van der Waals surface area contributed by atoms with Gasteiger partial charge in [-0.25, -0.2) is 4.79 Å². The fraction of sp³-hybridized carbons (Fsp3) is 0.281. The molecule has 3 aromatic carbocycles. The summed E-state index contributed by atoms with van der Waals surface area (Å²) < 4.78 is 5.99. The lowest BCUT2D eigenvalue weighted by molar-refractivity contribution is -0.153. The van der Waals surface area contributed by atoms with Crippen molar-refractivity contribution in [2.45, 2.75) is 46.1 Å². The molecule has 0 saturated carbocycles. The predicted molar refractivity (Wildman–Crippen MR) is 155 cm³/mol. The molecule has 40 heavy (non-hydrogen) atoms. The standard InChI is InChI=1S/C32H32ClNO6/c1-19-25-15-12-22(21-10-13-24(33)14-11-21)17-26(25)40-27(19)28(35)34-32(30(38)39,31(2,3)4)18-23(29(36)37)16-20-8-6-5-7-9-20/h5-15,17,23H,16,18H2,1-4H3,(H,34,35)(H,36,37)(H,38,39)/t23?,32-/m0/s1. The largest absolute Gasteiger partial charge is 0.481 e. The van der Waals surface area contributed by atoms with Gasteiger partial charge in [0.1, 0.15) is 11.1 Å². The first kappa shape index (κ1) is 28.9. The first-order valence-corrected chi connectivity index (χ1v) is 13.3. The van der Waals surface area contributed by atoms with Gasteiger partial charge in [0.05, 0.1) is 5.92 Å². The lowest BCUT2D eigenvalue weighted by atomic mass is 9.68. The number of aliphatic carboxylic acids is 2. The summed E-state index contributed by atoms with van der Waals surface area (Å²) in [4.78, 5) is 38.8. The molecule has 4 rings (SSSR count). The highest BCUT2D eigenvalue weighted by atomic mass is 35.5. The highest BCUT2D eigenvalue weighted by Crippen LogP contribution is 2.38. The minimum absolute atomic E-state index is 0.0203. The molecule has 208 valence electrons. The van der Waals surface area contributed by atoms with Crippen LogP contribution in [0.5, 0.6) is 0 Å². The third-order valence-electron chi connectivity index (χ3n) is 7.52. The summed E-state index contributed by atoms with van der Waals surface area (Å²) in [5.41, 5.74) is 0.634. The molecule has 0 aliphatic rings. The maximum atomic E-state index is 13.7. The molecule has 0 spiro atoms. The number of amides is 1. The lowest BCUT2D eigenvalue weighted by Crippen LogP contribution is -2.63. The van der Waals surface area contributed by atoms with E-state index in [9.17, 15) is 24.6 Å². The summed E-state index contributed by atoms with van der Waals surface area (Å²) in [5, 5.41) is 24.6. The molecular weight excluding hydrogens is 530 g/mol. The summed E-state index contributed by atoms with van der Waals surface area (Å²) in [6, 6.07) is 21.9. The fourth-order valence-electron chi connectivity index (χ4n) is 5.04. The topological polar surface area (TPSA) is 117 Å². The van der Waals surface area contributed by atoms with Gasteiger partial charge in [0.2, 0.25) is 0 Å². The minimum atomic E-state index is -1.90.